The number of carbonyl (C=O) groups is 1. The summed E-state index contributed by atoms with van der Waals surface area (Å²) in [6.07, 6.45) is -1.68. The maximum absolute atomic E-state index is 13.5. The number of hydrogen-bond acceptors (Lipinski definition) is 6. The number of nitrogens with zero attached hydrogens (tertiary/aromatic N) is 5. The molecule has 1 aromatic carbocycles. The number of aliphatic hydroxyl groups excluding tert-OH is 1. The van der Waals surface area contributed by atoms with Crippen LogP contribution in [0.5, 0.6) is 0 Å². The van der Waals surface area contributed by atoms with Gasteiger partial charge in [0, 0.05) is 50.8 Å². The van der Waals surface area contributed by atoms with Crippen LogP contribution < -0.4 is 4.90 Å². The summed E-state index contributed by atoms with van der Waals surface area (Å²) >= 11 is 5.99. The van der Waals surface area contributed by atoms with Gasteiger partial charge in [0.2, 0.25) is 0 Å². The van der Waals surface area contributed by atoms with Crippen LogP contribution in [0, 0.1) is 0 Å². The van der Waals surface area contributed by atoms with Gasteiger partial charge in [-0.3, -0.25) is 14.7 Å². The Balaban J connectivity index is 1.56. The van der Waals surface area contributed by atoms with Crippen LogP contribution in [0.25, 0.3) is 0 Å². The van der Waals surface area contributed by atoms with Crippen LogP contribution in [0.15, 0.2) is 24.4 Å². The van der Waals surface area contributed by atoms with Gasteiger partial charge in [-0.25, -0.2) is 4.98 Å². The molecule has 33 heavy (non-hydrogen) atoms. The second-order valence-electron chi connectivity index (χ2n) is 8.21. The molecule has 178 valence electrons. The smallest absolute Gasteiger partial charge is 0.395 e. The lowest BCUT2D eigenvalue weighted by Crippen LogP contribution is -2.49. The summed E-state index contributed by atoms with van der Waals surface area (Å²) in [5.74, 6) is 0.192. The van der Waals surface area contributed by atoms with Gasteiger partial charge in [0.25, 0.3) is 5.91 Å². The summed E-state index contributed by atoms with van der Waals surface area (Å²) in [7, 11) is 0. The Kier molecular flexibility index (Phi) is 7.06. The minimum Gasteiger partial charge on any atom is -0.395 e. The van der Waals surface area contributed by atoms with Crippen molar-refractivity contribution in [2.75, 3.05) is 50.8 Å². The molecule has 2 aromatic rings. The average Bonchev–Trinajstić information content (AvgIpc) is 2.78. The van der Waals surface area contributed by atoms with E-state index in [4.69, 9.17) is 16.7 Å². The van der Waals surface area contributed by atoms with Crippen LogP contribution in [0.2, 0.25) is 5.02 Å². The first kappa shape index (κ1) is 23.7. The molecule has 7 nitrogen and oxygen atoms in total. The standard InChI is InChI=1S/C22H25ClF3N5O2/c23-16-3-4-17(22(24,25)26)15(12-16)14-31-5-1-2-18-20(31)28-19(13-27-18)21(33)30-8-6-29(7-9-30)10-11-32/h3-4,12-13,32H,1-2,5-11,14H2. The van der Waals surface area contributed by atoms with Crippen LogP contribution in [-0.4, -0.2) is 76.7 Å². The van der Waals surface area contributed by atoms with Gasteiger partial charge in [0.1, 0.15) is 5.69 Å². The summed E-state index contributed by atoms with van der Waals surface area (Å²) in [5, 5.41) is 9.30. The summed E-state index contributed by atoms with van der Waals surface area (Å²) in [6, 6.07) is 3.55. The topological polar surface area (TPSA) is 72.8 Å². The maximum atomic E-state index is 13.5. The molecule has 0 spiro atoms. The molecule has 1 saturated heterocycles. The molecule has 0 bridgehead atoms. The lowest BCUT2D eigenvalue weighted by molar-refractivity contribution is -0.138. The van der Waals surface area contributed by atoms with E-state index < -0.39 is 11.7 Å². The number of anilines is 1. The maximum Gasteiger partial charge on any atom is 0.416 e. The van der Waals surface area contributed by atoms with E-state index in [0.717, 1.165) is 12.5 Å². The Morgan fingerprint density at radius 2 is 1.91 bits per heavy atom. The van der Waals surface area contributed by atoms with Crippen LogP contribution in [0.4, 0.5) is 19.0 Å². The van der Waals surface area contributed by atoms with E-state index in [1.54, 1.807) is 9.80 Å². The fourth-order valence-electron chi connectivity index (χ4n) is 4.29. The van der Waals surface area contributed by atoms with Crippen molar-refractivity contribution in [1.82, 2.24) is 19.8 Å². The predicted molar refractivity (Wildman–Crippen MR) is 117 cm³/mol. The lowest BCUT2D eigenvalue weighted by Gasteiger charge is -2.34. The number of fused-ring (bicyclic) bond motifs is 1. The zero-order valence-electron chi connectivity index (χ0n) is 18.0. The molecule has 1 amide bonds. The van der Waals surface area contributed by atoms with Crippen molar-refractivity contribution in [2.24, 2.45) is 0 Å². The Bertz CT molecular complexity index is 1010. The number of benzene rings is 1. The number of alkyl halides is 3. The van der Waals surface area contributed by atoms with Crippen LogP contribution >= 0.6 is 11.6 Å². The second kappa shape index (κ2) is 9.82. The Morgan fingerprint density at radius 3 is 2.61 bits per heavy atom. The van der Waals surface area contributed by atoms with E-state index in [9.17, 15) is 18.0 Å². The van der Waals surface area contributed by atoms with Crippen LogP contribution in [0.1, 0.15) is 33.7 Å². The molecule has 0 radical (unpaired) electrons. The molecule has 2 aliphatic rings. The van der Waals surface area contributed by atoms with Crippen molar-refractivity contribution < 1.29 is 23.1 Å². The van der Waals surface area contributed by atoms with Crippen molar-refractivity contribution in [3.8, 4) is 0 Å². The number of β-amino-alcohol motifs (C(OH)–C–C–N with tert-alkyl or cyclic N) is 1. The zero-order chi connectivity index (χ0) is 23.6. The quantitative estimate of drug-likeness (QED) is 0.705. The monoisotopic (exact) mass is 483 g/mol. The first-order chi connectivity index (χ1) is 15.8. The van der Waals surface area contributed by atoms with Gasteiger partial charge in [-0.1, -0.05) is 11.6 Å². The third kappa shape index (κ3) is 5.39. The highest BCUT2D eigenvalue weighted by atomic mass is 35.5. The number of piperazine rings is 1. The Hall–Kier alpha value is -2.43. The average molecular weight is 484 g/mol. The van der Waals surface area contributed by atoms with E-state index in [2.05, 4.69) is 14.9 Å². The highest BCUT2D eigenvalue weighted by Gasteiger charge is 2.34. The van der Waals surface area contributed by atoms with Crippen molar-refractivity contribution >= 4 is 23.3 Å². The zero-order valence-corrected chi connectivity index (χ0v) is 18.7. The molecule has 0 unspecified atom stereocenters. The number of amides is 1. The van der Waals surface area contributed by atoms with Crippen LogP contribution in [0.3, 0.4) is 0 Å². The molecule has 4 rings (SSSR count). The summed E-state index contributed by atoms with van der Waals surface area (Å²) in [4.78, 5) is 27.5. The number of aliphatic hydroxyl groups is 1. The van der Waals surface area contributed by atoms with Crippen molar-refractivity contribution in [1.29, 1.82) is 0 Å². The van der Waals surface area contributed by atoms with Crippen LogP contribution in [-0.2, 0) is 19.1 Å². The molecule has 1 aromatic heterocycles. The third-order valence-electron chi connectivity index (χ3n) is 6.00. The number of aryl methyl sites for hydroxylation is 1. The molecular formula is C22H25ClF3N5O2. The van der Waals surface area contributed by atoms with Gasteiger partial charge in [0.05, 0.1) is 24.1 Å². The molecule has 0 saturated carbocycles. The first-order valence-electron chi connectivity index (χ1n) is 10.8. The largest absolute Gasteiger partial charge is 0.416 e. The minimum absolute atomic E-state index is 0.0332. The van der Waals surface area contributed by atoms with E-state index in [1.165, 1.54) is 18.3 Å². The van der Waals surface area contributed by atoms with E-state index in [-0.39, 0.29) is 35.3 Å². The number of aromatic nitrogens is 2. The van der Waals surface area contributed by atoms with E-state index in [0.29, 0.717) is 57.2 Å². The number of rotatable bonds is 5. The van der Waals surface area contributed by atoms with Gasteiger partial charge in [-0.05, 0) is 36.6 Å². The van der Waals surface area contributed by atoms with Gasteiger partial charge in [0.15, 0.2) is 5.82 Å². The number of hydrogen-bond donors (Lipinski definition) is 1. The highest BCUT2D eigenvalue weighted by Crippen LogP contribution is 2.35. The number of halogens is 4. The van der Waals surface area contributed by atoms with Gasteiger partial charge < -0.3 is 14.9 Å². The normalized spacial score (nSPS) is 17.2. The molecule has 0 aliphatic carbocycles. The van der Waals surface area contributed by atoms with Gasteiger partial charge in [-0.2, -0.15) is 13.2 Å². The predicted octanol–water partition coefficient (Wildman–Crippen LogP) is 2.85. The minimum atomic E-state index is -4.50. The fourth-order valence-corrected chi connectivity index (χ4v) is 4.48. The van der Waals surface area contributed by atoms with Crippen molar-refractivity contribution in [3.05, 3.63) is 51.9 Å². The second-order valence-corrected chi connectivity index (χ2v) is 8.64. The summed E-state index contributed by atoms with van der Waals surface area (Å²) in [5.41, 5.74) is 0.167. The van der Waals surface area contributed by atoms with Gasteiger partial charge in [-0.15, -0.1) is 0 Å². The summed E-state index contributed by atoms with van der Waals surface area (Å²) in [6.45, 7) is 3.45. The Labute approximate surface area is 194 Å². The molecule has 2 aliphatic heterocycles. The van der Waals surface area contributed by atoms with E-state index in [1.807, 2.05) is 0 Å². The summed E-state index contributed by atoms with van der Waals surface area (Å²) < 4.78 is 40.6. The lowest BCUT2D eigenvalue weighted by atomic mass is 10.0. The third-order valence-corrected chi connectivity index (χ3v) is 6.23. The SMILES string of the molecule is O=C(c1cnc2c(n1)N(Cc1cc(Cl)ccc1C(F)(F)F)CCC2)N1CCN(CCO)CC1. The molecule has 3 heterocycles. The molecular weight excluding hydrogens is 459 g/mol. The molecule has 1 fully saturated rings. The van der Waals surface area contributed by atoms with Gasteiger partial charge >= 0.3 is 6.18 Å². The Morgan fingerprint density at radius 1 is 1.15 bits per heavy atom. The molecule has 0 atom stereocenters. The van der Waals surface area contributed by atoms with E-state index >= 15 is 0 Å². The molecule has 1 N–H and O–H groups in total. The van der Waals surface area contributed by atoms with Crippen molar-refractivity contribution in [3.63, 3.8) is 0 Å². The first-order valence-corrected chi connectivity index (χ1v) is 11.2. The van der Waals surface area contributed by atoms with Crippen molar-refractivity contribution in [2.45, 2.75) is 25.6 Å². The fraction of sp³-hybridized carbons (Fsp3) is 0.500. The number of carbonyl (C=O) groups excluding carboxylic acids is 1. The molecule has 11 heteroatoms. The highest BCUT2D eigenvalue weighted by molar-refractivity contribution is 6.30.